The zero-order valence-corrected chi connectivity index (χ0v) is 34.4. The number of amides is 5. The molecule has 0 fully saturated rings. The number of carbonyl (C=O) groups excluding carboxylic acids is 6. The second-order valence-electron chi connectivity index (χ2n) is 8.66. The summed E-state index contributed by atoms with van der Waals surface area (Å²) in [7, 11) is 1.53. The Kier molecular flexibility index (Phi) is 29.9. The van der Waals surface area contributed by atoms with Gasteiger partial charge in [0.25, 0.3) is 0 Å². The quantitative estimate of drug-likeness (QED) is 0.0660. The van der Waals surface area contributed by atoms with E-state index in [9.17, 15) is 28.8 Å². The number of benzene rings is 1. The molecule has 0 unspecified atom stereocenters. The van der Waals surface area contributed by atoms with E-state index in [1.807, 2.05) is 0 Å². The SMILES string of the molecule is CNC(=O)CCNC(=O)Cc1ccc([N-]C(=O)CC(=O)[N-]CCOCCCC(=O)NCCCCCC=O)cc1.[Rb+].[Rb+]. The van der Waals surface area contributed by atoms with Gasteiger partial charge in [-0.15, -0.1) is 12.2 Å². The van der Waals surface area contributed by atoms with Gasteiger partial charge >= 0.3 is 116 Å². The summed E-state index contributed by atoms with van der Waals surface area (Å²) >= 11 is 0. The molecule has 0 saturated heterocycles. The molecular weight excluding hydrogens is 677 g/mol. The van der Waals surface area contributed by atoms with Crippen molar-refractivity contribution < 1.29 is 150 Å². The van der Waals surface area contributed by atoms with Crippen LogP contribution in [0.4, 0.5) is 5.69 Å². The van der Waals surface area contributed by atoms with Gasteiger partial charge in [-0.05, 0) is 24.8 Å². The normalized spacial score (nSPS) is 9.78. The van der Waals surface area contributed by atoms with E-state index in [1.165, 1.54) is 7.05 Å². The zero-order valence-electron chi connectivity index (χ0n) is 24.5. The number of carbonyl (C=O) groups is 6. The van der Waals surface area contributed by atoms with Crippen molar-refractivity contribution in [1.29, 1.82) is 0 Å². The van der Waals surface area contributed by atoms with Gasteiger partial charge in [-0.25, -0.2) is 0 Å². The molecule has 0 bridgehead atoms. The molecule has 0 saturated carbocycles. The minimum atomic E-state index is -0.626. The van der Waals surface area contributed by atoms with Crippen molar-refractivity contribution in [3.63, 3.8) is 0 Å². The smallest absolute Gasteiger partial charge is 0.651 e. The molecule has 216 valence electrons. The van der Waals surface area contributed by atoms with E-state index < -0.39 is 18.2 Å². The molecule has 0 aliphatic carbocycles. The third-order valence-corrected chi connectivity index (χ3v) is 5.35. The number of ether oxygens (including phenoxy) is 1. The summed E-state index contributed by atoms with van der Waals surface area (Å²) in [5.74, 6) is -1.65. The Balaban J connectivity index is 0. The fraction of sp³-hybridized carbons (Fsp3) is 0.556. The minimum absolute atomic E-state index is 0. The molecule has 12 nitrogen and oxygen atoms in total. The first-order valence-corrected chi connectivity index (χ1v) is 13.1. The number of nitrogens with zero attached hydrogens (tertiary/aromatic N) is 2. The summed E-state index contributed by atoms with van der Waals surface area (Å²) in [6.45, 7) is 1.52. The molecule has 1 aromatic rings. The molecule has 0 aliphatic heterocycles. The summed E-state index contributed by atoms with van der Waals surface area (Å²) in [6, 6.07) is 6.49. The van der Waals surface area contributed by atoms with E-state index in [0.29, 0.717) is 43.7 Å². The maximum Gasteiger partial charge on any atom is 1.00 e. The maximum atomic E-state index is 12.0. The van der Waals surface area contributed by atoms with Crippen LogP contribution in [0.5, 0.6) is 0 Å². The summed E-state index contributed by atoms with van der Waals surface area (Å²) < 4.78 is 5.37. The van der Waals surface area contributed by atoms with Gasteiger partial charge in [0, 0.05) is 59.0 Å². The van der Waals surface area contributed by atoms with Crippen LogP contribution in [0.1, 0.15) is 56.9 Å². The summed E-state index contributed by atoms with van der Waals surface area (Å²) in [5, 5.41) is 15.6. The Morgan fingerprint density at radius 3 is 2.20 bits per heavy atom. The van der Waals surface area contributed by atoms with E-state index in [4.69, 9.17) is 4.74 Å². The maximum absolute atomic E-state index is 12.0. The molecule has 5 amide bonds. The van der Waals surface area contributed by atoms with Crippen molar-refractivity contribution in [2.75, 3.05) is 39.9 Å². The zero-order chi connectivity index (χ0) is 28.7. The molecule has 0 aromatic heterocycles. The molecule has 0 spiro atoms. The fourth-order valence-electron chi connectivity index (χ4n) is 3.26. The van der Waals surface area contributed by atoms with Gasteiger partial charge in [-0.3, -0.25) is 14.4 Å². The molecule has 0 aliphatic rings. The number of aldehydes is 1. The van der Waals surface area contributed by atoms with Crippen LogP contribution in [-0.2, 0) is 39.9 Å². The number of hydrogen-bond acceptors (Lipinski definition) is 7. The Morgan fingerprint density at radius 1 is 0.805 bits per heavy atom. The molecule has 14 heteroatoms. The van der Waals surface area contributed by atoms with Gasteiger partial charge in [0.15, 0.2) is 0 Å². The minimum Gasteiger partial charge on any atom is -0.651 e. The van der Waals surface area contributed by atoms with E-state index in [2.05, 4.69) is 26.6 Å². The van der Waals surface area contributed by atoms with Crippen molar-refractivity contribution in [3.8, 4) is 0 Å². The van der Waals surface area contributed by atoms with Crippen LogP contribution in [-0.4, -0.2) is 75.7 Å². The van der Waals surface area contributed by atoms with Gasteiger partial charge in [-0.1, -0.05) is 30.7 Å². The Morgan fingerprint density at radius 2 is 1.51 bits per heavy atom. The molecule has 0 radical (unpaired) electrons. The number of nitrogens with one attached hydrogen (secondary N) is 3. The van der Waals surface area contributed by atoms with Crippen molar-refractivity contribution in [2.24, 2.45) is 0 Å². The monoisotopic (exact) mass is 715 g/mol. The number of rotatable bonds is 21. The van der Waals surface area contributed by atoms with E-state index in [-0.39, 0.29) is 167 Å². The van der Waals surface area contributed by atoms with Crippen LogP contribution in [0.2, 0.25) is 0 Å². The van der Waals surface area contributed by atoms with Crippen molar-refractivity contribution in [1.82, 2.24) is 16.0 Å². The van der Waals surface area contributed by atoms with Crippen LogP contribution in [0.25, 0.3) is 10.6 Å². The first-order valence-electron chi connectivity index (χ1n) is 13.1. The molecule has 0 heterocycles. The second-order valence-corrected chi connectivity index (χ2v) is 8.66. The van der Waals surface area contributed by atoms with Gasteiger partial charge in [0.1, 0.15) is 6.29 Å². The Hall–Kier alpha value is -0.190. The van der Waals surface area contributed by atoms with E-state index in [0.717, 1.165) is 25.5 Å². The first-order chi connectivity index (χ1) is 18.8. The first kappa shape index (κ1) is 42.9. The topological polar surface area (TPSA) is 176 Å². The number of hydrogen-bond donors (Lipinski definition) is 3. The third kappa shape index (κ3) is 24.9. The van der Waals surface area contributed by atoms with Crippen LogP contribution in [0, 0.1) is 0 Å². The van der Waals surface area contributed by atoms with Crippen LogP contribution in [0.15, 0.2) is 24.3 Å². The van der Waals surface area contributed by atoms with Crippen LogP contribution < -0.4 is 132 Å². The van der Waals surface area contributed by atoms with E-state index >= 15 is 0 Å². The summed E-state index contributed by atoms with van der Waals surface area (Å²) in [4.78, 5) is 68.9. The van der Waals surface area contributed by atoms with Crippen LogP contribution in [0.3, 0.4) is 0 Å². The predicted octanol–water partition coefficient (Wildman–Crippen LogP) is -4.02. The molecular formula is C27H39N5O7Rb2. The van der Waals surface area contributed by atoms with Crippen molar-refractivity contribution in [2.45, 2.75) is 57.8 Å². The van der Waals surface area contributed by atoms with Crippen molar-refractivity contribution in [3.05, 3.63) is 40.5 Å². The third-order valence-electron chi connectivity index (χ3n) is 5.35. The molecule has 3 N–H and O–H groups in total. The molecule has 1 rings (SSSR count). The average molecular weight is 717 g/mol. The van der Waals surface area contributed by atoms with Gasteiger partial charge < -0.3 is 45.7 Å². The van der Waals surface area contributed by atoms with Crippen LogP contribution >= 0.6 is 0 Å². The van der Waals surface area contributed by atoms with E-state index in [1.54, 1.807) is 24.3 Å². The van der Waals surface area contributed by atoms with Crippen molar-refractivity contribution >= 4 is 41.5 Å². The predicted molar refractivity (Wildman–Crippen MR) is 145 cm³/mol. The Labute approximate surface area is 340 Å². The largest absolute Gasteiger partial charge is 1.00 e. The standard InChI is InChI=1S/C27H41N5O7.2Rb/c1-28-23(34)12-14-30-25(36)19-21-8-10-22(11-9-21)32-27(38)20-26(37)31-15-18-39-17-6-7-24(35)29-13-4-2-3-5-16-33;;/h8-11,16H,2-7,12-15,17-20H2,1H3,(H5,28,29,30,31,32,34,35,36,37,38);;/q;2*+1/p-2. The average Bonchev–Trinajstić information content (AvgIpc) is 2.91. The van der Waals surface area contributed by atoms with Gasteiger partial charge in [-0.2, -0.15) is 0 Å². The van der Waals surface area contributed by atoms with Gasteiger partial charge in [0.05, 0.1) is 18.2 Å². The summed E-state index contributed by atoms with van der Waals surface area (Å²) in [6.07, 6.45) is 4.79. The van der Waals surface area contributed by atoms with Gasteiger partial charge in [0.2, 0.25) is 17.7 Å². The summed E-state index contributed by atoms with van der Waals surface area (Å²) in [5.41, 5.74) is 1.08. The molecule has 0 atom stereocenters. The fourth-order valence-corrected chi connectivity index (χ4v) is 3.26. The number of unbranched alkanes of at least 4 members (excludes halogenated alkanes) is 3. The second kappa shape index (κ2) is 28.6. The molecule has 1 aromatic carbocycles. The Bertz CT molecular complexity index is 933. The molecule has 41 heavy (non-hydrogen) atoms.